The van der Waals surface area contributed by atoms with E-state index in [1.807, 2.05) is 0 Å². The van der Waals surface area contributed by atoms with Crippen molar-refractivity contribution < 1.29 is 23.0 Å². The van der Waals surface area contributed by atoms with E-state index in [0.717, 1.165) is 0 Å². The molecule has 1 atom stereocenters. The van der Waals surface area contributed by atoms with Gasteiger partial charge in [-0.15, -0.1) is 0 Å². The molecular formula is C12H15F3O2. The third kappa shape index (κ3) is 4.26. The number of halogens is 3. The van der Waals surface area contributed by atoms with Crippen molar-refractivity contribution in [2.24, 2.45) is 0 Å². The van der Waals surface area contributed by atoms with Crippen LogP contribution in [0.25, 0.3) is 0 Å². The number of rotatable bonds is 4. The Balaban J connectivity index is 2.81. The summed E-state index contributed by atoms with van der Waals surface area (Å²) in [4.78, 5) is 0. The van der Waals surface area contributed by atoms with Crippen molar-refractivity contribution in [1.29, 1.82) is 0 Å². The first kappa shape index (κ1) is 13.8. The van der Waals surface area contributed by atoms with Gasteiger partial charge in [0.05, 0.1) is 12.7 Å². The zero-order chi connectivity index (χ0) is 13.1. The van der Waals surface area contributed by atoms with Gasteiger partial charge in [-0.2, -0.15) is 13.2 Å². The quantitative estimate of drug-likeness (QED) is 0.886. The summed E-state index contributed by atoms with van der Waals surface area (Å²) in [5.41, 5.74) is -1.09. The third-order valence-electron chi connectivity index (χ3n) is 2.59. The lowest BCUT2D eigenvalue weighted by Gasteiger charge is -2.24. The molecule has 0 aliphatic carbocycles. The average molecular weight is 248 g/mol. The molecule has 1 aromatic carbocycles. The van der Waals surface area contributed by atoms with Crippen LogP contribution in [0.3, 0.4) is 0 Å². The second-order valence-electron chi connectivity index (χ2n) is 4.12. The van der Waals surface area contributed by atoms with Gasteiger partial charge >= 0.3 is 6.18 Å². The van der Waals surface area contributed by atoms with Crippen LogP contribution >= 0.6 is 0 Å². The molecule has 0 aliphatic heterocycles. The number of hydrogen-bond donors (Lipinski definition) is 1. The van der Waals surface area contributed by atoms with E-state index in [2.05, 4.69) is 0 Å². The molecule has 0 bridgehead atoms. The van der Waals surface area contributed by atoms with E-state index in [9.17, 15) is 18.3 Å². The third-order valence-corrected chi connectivity index (χ3v) is 2.59. The molecule has 0 aromatic heterocycles. The van der Waals surface area contributed by atoms with Gasteiger partial charge in [0.15, 0.2) is 0 Å². The van der Waals surface area contributed by atoms with Gasteiger partial charge in [-0.3, -0.25) is 0 Å². The minimum Gasteiger partial charge on any atom is -0.497 e. The number of benzene rings is 1. The SMILES string of the molecule is COc1cccc(C(C)(O)CCC(F)(F)F)c1. The van der Waals surface area contributed by atoms with Gasteiger partial charge in [-0.05, 0) is 31.0 Å². The molecule has 0 saturated heterocycles. The van der Waals surface area contributed by atoms with Crippen molar-refractivity contribution in [3.63, 3.8) is 0 Å². The molecule has 1 aromatic rings. The highest BCUT2D eigenvalue weighted by atomic mass is 19.4. The van der Waals surface area contributed by atoms with Crippen molar-refractivity contribution in [2.75, 3.05) is 7.11 Å². The van der Waals surface area contributed by atoms with E-state index >= 15 is 0 Å². The topological polar surface area (TPSA) is 29.5 Å². The van der Waals surface area contributed by atoms with Gasteiger partial charge in [-0.1, -0.05) is 12.1 Å². The molecule has 0 amide bonds. The fourth-order valence-electron chi connectivity index (χ4n) is 1.49. The largest absolute Gasteiger partial charge is 0.497 e. The Morgan fingerprint density at radius 1 is 1.24 bits per heavy atom. The highest BCUT2D eigenvalue weighted by molar-refractivity contribution is 5.31. The van der Waals surface area contributed by atoms with E-state index in [1.54, 1.807) is 18.2 Å². The predicted octanol–water partition coefficient (Wildman–Crippen LogP) is 3.25. The van der Waals surface area contributed by atoms with Crippen LogP contribution in [-0.4, -0.2) is 18.4 Å². The van der Waals surface area contributed by atoms with Crippen molar-refractivity contribution in [2.45, 2.75) is 31.5 Å². The van der Waals surface area contributed by atoms with Gasteiger partial charge in [0.1, 0.15) is 5.75 Å². The van der Waals surface area contributed by atoms with Crippen LogP contribution in [0.2, 0.25) is 0 Å². The molecule has 0 spiro atoms. The molecule has 0 heterocycles. The Morgan fingerprint density at radius 2 is 1.88 bits per heavy atom. The molecule has 1 unspecified atom stereocenters. The van der Waals surface area contributed by atoms with E-state index < -0.39 is 18.2 Å². The number of methoxy groups -OCH3 is 1. The molecule has 0 radical (unpaired) electrons. The summed E-state index contributed by atoms with van der Waals surface area (Å²) in [6, 6.07) is 6.43. The summed E-state index contributed by atoms with van der Waals surface area (Å²) in [6.45, 7) is 1.37. The first-order valence-electron chi connectivity index (χ1n) is 5.18. The first-order valence-corrected chi connectivity index (χ1v) is 5.18. The van der Waals surface area contributed by atoms with Gasteiger partial charge in [0.25, 0.3) is 0 Å². The maximum Gasteiger partial charge on any atom is 0.389 e. The van der Waals surface area contributed by atoms with Crippen LogP contribution in [0.15, 0.2) is 24.3 Å². The molecule has 1 rings (SSSR count). The molecular weight excluding hydrogens is 233 g/mol. The smallest absolute Gasteiger partial charge is 0.389 e. The first-order chi connectivity index (χ1) is 7.74. The average Bonchev–Trinajstić information content (AvgIpc) is 2.26. The Kier molecular flexibility index (Phi) is 4.03. The Bertz CT molecular complexity index is 372. The molecule has 5 heteroatoms. The lowest BCUT2D eigenvalue weighted by atomic mass is 9.91. The number of alkyl halides is 3. The maximum atomic E-state index is 12.1. The summed E-state index contributed by atoms with van der Waals surface area (Å²) in [6.07, 6.45) is -5.65. The fraction of sp³-hybridized carbons (Fsp3) is 0.500. The highest BCUT2D eigenvalue weighted by Gasteiger charge is 2.33. The van der Waals surface area contributed by atoms with E-state index in [0.29, 0.717) is 11.3 Å². The van der Waals surface area contributed by atoms with E-state index in [-0.39, 0.29) is 6.42 Å². The van der Waals surface area contributed by atoms with Crippen LogP contribution in [0.1, 0.15) is 25.3 Å². The van der Waals surface area contributed by atoms with Crippen molar-refractivity contribution in [3.05, 3.63) is 29.8 Å². The molecule has 96 valence electrons. The molecule has 17 heavy (non-hydrogen) atoms. The van der Waals surface area contributed by atoms with Crippen LogP contribution in [0.4, 0.5) is 13.2 Å². The minimum absolute atomic E-state index is 0.371. The maximum absolute atomic E-state index is 12.1. The number of aliphatic hydroxyl groups is 1. The van der Waals surface area contributed by atoms with Gasteiger partial charge in [0, 0.05) is 6.42 Å². The van der Waals surface area contributed by atoms with E-state index in [1.165, 1.54) is 20.1 Å². The second kappa shape index (κ2) is 4.96. The molecule has 0 saturated carbocycles. The number of hydrogen-bond acceptors (Lipinski definition) is 2. The minimum atomic E-state index is -4.26. The van der Waals surface area contributed by atoms with Crippen molar-refractivity contribution in [1.82, 2.24) is 0 Å². The standard InChI is InChI=1S/C12H15F3O2/c1-11(16,6-7-12(13,14)15)9-4-3-5-10(8-9)17-2/h3-5,8,16H,6-7H2,1-2H3. The van der Waals surface area contributed by atoms with Gasteiger partial charge in [-0.25, -0.2) is 0 Å². The van der Waals surface area contributed by atoms with Gasteiger partial charge in [0.2, 0.25) is 0 Å². The Morgan fingerprint density at radius 3 is 2.41 bits per heavy atom. The van der Waals surface area contributed by atoms with Crippen LogP contribution < -0.4 is 4.74 Å². The second-order valence-corrected chi connectivity index (χ2v) is 4.12. The predicted molar refractivity (Wildman–Crippen MR) is 57.9 cm³/mol. The van der Waals surface area contributed by atoms with Crippen molar-refractivity contribution in [3.8, 4) is 5.75 Å². The summed E-state index contributed by atoms with van der Waals surface area (Å²) >= 11 is 0. The lowest BCUT2D eigenvalue weighted by molar-refractivity contribution is -0.146. The number of ether oxygens (including phenoxy) is 1. The zero-order valence-corrected chi connectivity index (χ0v) is 9.71. The summed E-state index contributed by atoms with van der Waals surface area (Å²) < 4.78 is 41.3. The zero-order valence-electron chi connectivity index (χ0n) is 9.71. The molecule has 1 N–H and O–H groups in total. The monoisotopic (exact) mass is 248 g/mol. The van der Waals surface area contributed by atoms with E-state index in [4.69, 9.17) is 4.74 Å². The Hall–Kier alpha value is -1.23. The summed E-state index contributed by atoms with van der Waals surface area (Å²) in [5.74, 6) is 0.509. The Labute approximate surface area is 98.0 Å². The molecule has 0 fully saturated rings. The van der Waals surface area contributed by atoms with Crippen LogP contribution in [-0.2, 0) is 5.60 Å². The highest BCUT2D eigenvalue weighted by Crippen LogP contribution is 2.32. The fourth-order valence-corrected chi connectivity index (χ4v) is 1.49. The van der Waals surface area contributed by atoms with Gasteiger partial charge < -0.3 is 9.84 Å². The lowest BCUT2D eigenvalue weighted by Crippen LogP contribution is -2.24. The normalized spacial score (nSPS) is 15.4. The summed E-state index contributed by atoms with van der Waals surface area (Å²) in [5, 5.41) is 10.0. The van der Waals surface area contributed by atoms with Crippen LogP contribution in [0, 0.1) is 0 Å². The molecule has 0 aliphatic rings. The van der Waals surface area contributed by atoms with Crippen LogP contribution in [0.5, 0.6) is 5.75 Å². The van der Waals surface area contributed by atoms with Crippen molar-refractivity contribution >= 4 is 0 Å². The molecule has 2 nitrogen and oxygen atoms in total. The summed E-state index contributed by atoms with van der Waals surface area (Å²) in [7, 11) is 1.46.